The topological polar surface area (TPSA) is 74.6 Å². The standard InChI is InChI=1S/H3O3P.O.Zr/c1-4(2)3;;/h4H,(H2,1,2,3);;. The van der Waals surface area contributed by atoms with Crippen molar-refractivity contribution in [3.63, 3.8) is 0 Å². The van der Waals surface area contributed by atoms with E-state index in [0.29, 0.717) is 24.7 Å². The molecule has 2 N–H and O–H groups in total. The molecule has 36 valence electrons. The van der Waals surface area contributed by atoms with Crippen LogP contribution in [0.5, 0.6) is 0 Å². The van der Waals surface area contributed by atoms with E-state index in [2.05, 4.69) is 0 Å². The molecule has 0 rings (SSSR count). The van der Waals surface area contributed by atoms with Crippen LogP contribution in [-0.4, -0.2) is 9.79 Å². The van der Waals surface area contributed by atoms with Gasteiger partial charge in [0.2, 0.25) is 0 Å². The van der Waals surface area contributed by atoms with Crippen LogP contribution >= 0.6 is 8.25 Å². The Morgan fingerprint density at radius 2 is 1.33 bits per heavy atom. The van der Waals surface area contributed by atoms with Gasteiger partial charge < -0.3 is 9.79 Å². The van der Waals surface area contributed by atoms with Crippen LogP contribution in [0.15, 0.2) is 0 Å². The third-order valence-corrected chi connectivity index (χ3v) is 0. The van der Waals surface area contributed by atoms with E-state index in [1.54, 1.807) is 0 Å². The fourth-order valence-corrected chi connectivity index (χ4v) is 0. The average Bonchev–Trinajstić information content (AvgIpc) is 1.41. The molecule has 0 amide bonds. The first-order valence-corrected chi connectivity index (χ1v) is 3.16. The van der Waals surface area contributed by atoms with E-state index >= 15 is 0 Å². The Balaban J connectivity index is 0. The first-order valence-electron chi connectivity index (χ1n) is 0.855. The van der Waals surface area contributed by atoms with Gasteiger partial charge in [0.25, 0.3) is 0 Å². The van der Waals surface area contributed by atoms with E-state index < -0.39 is 8.25 Å². The molecule has 0 aliphatic carbocycles. The summed E-state index contributed by atoms with van der Waals surface area (Å²) in [5, 5.41) is 0. The fraction of sp³-hybridized carbons (Fsp3) is 0. The molecule has 0 spiro atoms. The second-order valence-electron chi connectivity index (χ2n) is 0.283. The number of rotatable bonds is 0. The van der Waals surface area contributed by atoms with Crippen LogP contribution in [0, 0.1) is 0 Å². The van der Waals surface area contributed by atoms with Gasteiger partial charge in [-0.2, -0.15) is 0 Å². The number of hydrogen-bond acceptors (Lipinski definition) is 2. The summed E-state index contributed by atoms with van der Waals surface area (Å²) in [6.45, 7) is 0. The second-order valence-corrected chi connectivity index (χ2v) is 0.848. The van der Waals surface area contributed by atoms with Gasteiger partial charge in [-0.05, 0) is 0 Å². The van der Waals surface area contributed by atoms with Gasteiger partial charge in [0.05, 0.1) is 0 Å². The summed E-state index contributed by atoms with van der Waals surface area (Å²) in [5.41, 5.74) is 0. The van der Waals surface area contributed by atoms with E-state index in [4.69, 9.17) is 17.2 Å². The Hall–Kier alpha value is 0.833. The van der Waals surface area contributed by atoms with E-state index in [-0.39, 0.29) is 0 Å². The predicted molar refractivity (Wildman–Crippen MR) is 14.1 cm³/mol. The fourth-order valence-electron chi connectivity index (χ4n) is 0. The Labute approximate surface area is 50.4 Å². The van der Waals surface area contributed by atoms with Crippen LogP contribution in [0.25, 0.3) is 0 Å². The third kappa shape index (κ3) is 102. The molecular formula is H3O4PZr. The zero-order valence-electron chi connectivity index (χ0n) is 2.71. The average molecular weight is 189 g/mol. The molecule has 0 aliphatic heterocycles. The van der Waals surface area contributed by atoms with Gasteiger partial charge in [0.15, 0.2) is 0 Å². The van der Waals surface area contributed by atoms with Crippen molar-refractivity contribution >= 4 is 8.25 Å². The maximum atomic E-state index is 8.74. The van der Waals surface area contributed by atoms with Gasteiger partial charge >= 0.3 is 35.8 Å². The van der Waals surface area contributed by atoms with Gasteiger partial charge in [0.1, 0.15) is 0 Å². The van der Waals surface area contributed by atoms with E-state index in [1.807, 2.05) is 0 Å². The molecule has 4 nitrogen and oxygen atoms in total. The van der Waals surface area contributed by atoms with Crippen LogP contribution in [0.2, 0.25) is 0 Å². The molecule has 0 saturated heterocycles. The molecule has 0 bridgehead atoms. The SMILES string of the molecule is O=[PH](O)O.[O]=[Zr]. The molecule has 0 atom stereocenters. The summed E-state index contributed by atoms with van der Waals surface area (Å²) < 4.78 is 17.1. The summed E-state index contributed by atoms with van der Waals surface area (Å²) >= 11 is 0.300. The molecule has 6 heteroatoms. The van der Waals surface area contributed by atoms with Crippen LogP contribution in [-0.2, 0) is 32.1 Å². The molecule has 0 saturated carbocycles. The first kappa shape index (κ1) is 9.95. The maximum absolute atomic E-state index is 8.74. The summed E-state index contributed by atoms with van der Waals surface area (Å²) in [5.74, 6) is 0. The normalized spacial score (nSPS) is 6.33. The molecule has 0 heterocycles. The molecule has 0 aromatic heterocycles. The quantitative estimate of drug-likeness (QED) is 0.491. The zero-order valence-corrected chi connectivity index (χ0v) is 6.17. The van der Waals surface area contributed by atoms with Crippen molar-refractivity contribution in [3.8, 4) is 0 Å². The molecule has 0 aromatic rings. The van der Waals surface area contributed by atoms with Crippen molar-refractivity contribution in [2.24, 2.45) is 0 Å². The van der Waals surface area contributed by atoms with Crippen LogP contribution < -0.4 is 0 Å². The van der Waals surface area contributed by atoms with Crippen molar-refractivity contribution in [2.45, 2.75) is 0 Å². The van der Waals surface area contributed by atoms with Crippen LogP contribution in [0.4, 0.5) is 0 Å². The molecule has 0 fully saturated rings. The Morgan fingerprint density at radius 3 is 1.33 bits per heavy atom. The summed E-state index contributed by atoms with van der Waals surface area (Å²) in [6, 6.07) is 0. The van der Waals surface area contributed by atoms with Gasteiger partial charge in [-0.1, -0.05) is 0 Å². The van der Waals surface area contributed by atoms with Crippen molar-refractivity contribution in [3.05, 3.63) is 0 Å². The van der Waals surface area contributed by atoms with Gasteiger partial charge in [0, 0.05) is 0 Å². The minimum atomic E-state index is -3.13. The van der Waals surface area contributed by atoms with E-state index in [9.17, 15) is 0 Å². The van der Waals surface area contributed by atoms with Gasteiger partial charge in [-0.25, -0.2) is 0 Å². The van der Waals surface area contributed by atoms with Crippen molar-refractivity contribution in [1.82, 2.24) is 0 Å². The predicted octanol–water partition coefficient (Wildman–Crippen LogP) is -0.761. The monoisotopic (exact) mass is 188 g/mol. The minimum absolute atomic E-state index is 0.300. The summed E-state index contributed by atoms with van der Waals surface area (Å²) in [4.78, 5) is 14.3. The number of hydrogen-bond donors (Lipinski definition) is 2. The molecular weight excluding hydrogens is 186 g/mol. The molecule has 6 heavy (non-hydrogen) atoms. The van der Waals surface area contributed by atoms with Crippen molar-refractivity contribution in [2.75, 3.05) is 0 Å². The summed E-state index contributed by atoms with van der Waals surface area (Å²) in [6.07, 6.45) is 0. The van der Waals surface area contributed by atoms with E-state index in [0.717, 1.165) is 0 Å². The van der Waals surface area contributed by atoms with Crippen molar-refractivity contribution < 1.29 is 41.9 Å². The Morgan fingerprint density at radius 1 is 1.33 bits per heavy atom. The molecule has 0 radical (unpaired) electrons. The van der Waals surface area contributed by atoms with Crippen LogP contribution in [0.1, 0.15) is 0 Å². The van der Waals surface area contributed by atoms with Crippen LogP contribution in [0.3, 0.4) is 0 Å². The van der Waals surface area contributed by atoms with Gasteiger partial charge in [-0.3, -0.25) is 4.57 Å². The van der Waals surface area contributed by atoms with Crippen molar-refractivity contribution in [1.29, 1.82) is 0 Å². The zero-order chi connectivity index (χ0) is 5.58. The van der Waals surface area contributed by atoms with Gasteiger partial charge in [-0.15, -0.1) is 0 Å². The molecule has 0 unspecified atom stereocenters. The summed E-state index contributed by atoms with van der Waals surface area (Å²) in [7, 11) is -3.13. The third-order valence-electron chi connectivity index (χ3n) is 0. The molecule has 0 aromatic carbocycles. The second kappa shape index (κ2) is 9.27. The molecule has 0 aliphatic rings. The Bertz CT molecular complexity index is 38.8. The Kier molecular flexibility index (Phi) is 15.4. The first-order chi connectivity index (χ1) is 2.73. The van der Waals surface area contributed by atoms with E-state index in [1.165, 1.54) is 0 Å².